The third kappa shape index (κ3) is 6.20. The molecule has 1 fully saturated rings. The Kier molecular flexibility index (Phi) is 7.65. The summed E-state index contributed by atoms with van der Waals surface area (Å²) in [4.78, 5) is 18.3. The molecule has 0 N–H and O–H groups in total. The number of rotatable bonds is 9. The first-order chi connectivity index (χ1) is 11.6. The third-order valence-corrected chi connectivity index (χ3v) is 4.21. The van der Waals surface area contributed by atoms with Crippen LogP contribution in [0.5, 0.6) is 0 Å². The second-order valence-corrected chi connectivity index (χ2v) is 6.67. The quantitative estimate of drug-likeness (QED) is 0.686. The fourth-order valence-corrected chi connectivity index (χ4v) is 2.67. The van der Waals surface area contributed by atoms with E-state index in [4.69, 9.17) is 14.0 Å². The summed E-state index contributed by atoms with van der Waals surface area (Å²) in [7, 11) is 1.64. The van der Waals surface area contributed by atoms with Crippen LogP contribution in [-0.4, -0.2) is 53.9 Å². The number of carbonyl (C=O) groups excluding carboxylic acids is 1. The summed E-state index contributed by atoms with van der Waals surface area (Å²) in [6.45, 7) is 6.72. The number of hydrogen-bond acceptors (Lipinski definition) is 6. The van der Waals surface area contributed by atoms with Gasteiger partial charge < -0.3 is 18.9 Å². The molecule has 0 atom stereocenters. The number of ether oxygens (including phenoxy) is 2. The highest BCUT2D eigenvalue weighted by Crippen LogP contribution is 2.17. The van der Waals surface area contributed by atoms with E-state index in [0.717, 1.165) is 32.4 Å². The molecular weight excluding hydrogens is 310 g/mol. The normalized spacial score (nSPS) is 16.1. The number of methoxy groups -OCH3 is 1. The second-order valence-electron chi connectivity index (χ2n) is 6.67. The van der Waals surface area contributed by atoms with E-state index in [-0.39, 0.29) is 12.0 Å². The molecule has 0 saturated carbocycles. The minimum Gasteiger partial charge on any atom is -0.384 e. The minimum absolute atomic E-state index is 0.147. The number of aromatic nitrogens is 2. The molecule has 2 heterocycles. The van der Waals surface area contributed by atoms with Crippen molar-refractivity contribution >= 4 is 5.91 Å². The first-order valence-corrected chi connectivity index (χ1v) is 8.78. The molecule has 7 nitrogen and oxygen atoms in total. The van der Waals surface area contributed by atoms with Gasteiger partial charge >= 0.3 is 0 Å². The van der Waals surface area contributed by atoms with Crippen LogP contribution in [0.15, 0.2) is 4.52 Å². The molecule has 7 heteroatoms. The number of likely N-dealkylation sites (tertiary alicyclic amines) is 1. The van der Waals surface area contributed by atoms with Crippen molar-refractivity contribution in [2.75, 3.05) is 26.8 Å². The first-order valence-electron chi connectivity index (χ1n) is 8.78. The summed E-state index contributed by atoms with van der Waals surface area (Å²) in [6, 6.07) is 0. The summed E-state index contributed by atoms with van der Waals surface area (Å²) >= 11 is 0. The van der Waals surface area contributed by atoms with Crippen LogP contribution in [0.3, 0.4) is 0 Å². The molecular formula is C17H29N3O4. The van der Waals surface area contributed by atoms with Gasteiger partial charge in [-0.1, -0.05) is 19.0 Å². The lowest BCUT2D eigenvalue weighted by Gasteiger charge is -2.32. The van der Waals surface area contributed by atoms with E-state index < -0.39 is 0 Å². The Morgan fingerprint density at radius 3 is 2.79 bits per heavy atom. The van der Waals surface area contributed by atoms with Gasteiger partial charge in [-0.2, -0.15) is 4.98 Å². The molecule has 0 aliphatic carbocycles. The number of hydrogen-bond donors (Lipinski definition) is 0. The molecule has 1 aliphatic rings. The monoisotopic (exact) mass is 339 g/mol. The molecule has 0 radical (unpaired) electrons. The van der Waals surface area contributed by atoms with Gasteiger partial charge in [-0.15, -0.1) is 0 Å². The molecule has 1 saturated heterocycles. The lowest BCUT2D eigenvalue weighted by atomic mass is 10.0. The molecule has 0 aromatic carbocycles. The van der Waals surface area contributed by atoms with Crippen LogP contribution in [0.1, 0.15) is 51.2 Å². The molecule has 1 aromatic rings. The summed E-state index contributed by atoms with van der Waals surface area (Å²) < 4.78 is 16.0. The second kappa shape index (κ2) is 9.74. The largest absolute Gasteiger partial charge is 0.384 e. The van der Waals surface area contributed by atoms with Crippen LogP contribution in [-0.2, 0) is 27.3 Å². The molecule has 1 amide bonds. The van der Waals surface area contributed by atoms with Gasteiger partial charge in [0.1, 0.15) is 6.61 Å². The zero-order valence-electron chi connectivity index (χ0n) is 15.0. The Morgan fingerprint density at radius 1 is 1.38 bits per heavy atom. The van der Waals surface area contributed by atoms with Gasteiger partial charge in [0, 0.05) is 33.0 Å². The van der Waals surface area contributed by atoms with Crippen molar-refractivity contribution < 1.29 is 18.8 Å². The van der Waals surface area contributed by atoms with Crippen LogP contribution >= 0.6 is 0 Å². The predicted molar refractivity (Wildman–Crippen MR) is 88.3 cm³/mol. The molecule has 1 aromatic heterocycles. The Bertz CT molecular complexity index is 496. The van der Waals surface area contributed by atoms with E-state index in [1.165, 1.54) is 0 Å². The van der Waals surface area contributed by atoms with Gasteiger partial charge in [-0.3, -0.25) is 4.79 Å². The first kappa shape index (κ1) is 18.9. The standard InChI is InChI=1S/C17H29N3O4/c1-13(2)4-5-17(21)20-9-6-14(7-10-20)23-12-16-18-15(19-24-16)8-11-22-3/h13-14H,4-12H2,1-3H3. The maximum Gasteiger partial charge on any atom is 0.252 e. The zero-order chi connectivity index (χ0) is 17.4. The van der Waals surface area contributed by atoms with Crippen molar-refractivity contribution in [2.24, 2.45) is 5.92 Å². The lowest BCUT2D eigenvalue weighted by Crippen LogP contribution is -2.40. The molecule has 2 rings (SSSR count). The summed E-state index contributed by atoms with van der Waals surface area (Å²) in [5.41, 5.74) is 0. The Hall–Kier alpha value is -1.47. The third-order valence-electron chi connectivity index (χ3n) is 4.21. The fraction of sp³-hybridized carbons (Fsp3) is 0.824. The smallest absolute Gasteiger partial charge is 0.252 e. The Labute approximate surface area is 143 Å². The fourth-order valence-electron chi connectivity index (χ4n) is 2.67. The number of piperidine rings is 1. The molecule has 0 unspecified atom stereocenters. The van der Waals surface area contributed by atoms with Crippen molar-refractivity contribution in [3.63, 3.8) is 0 Å². The topological polar surface area (TPSA) is 77.7 Å². The van der Waals surface area contributed by atoms with Crippen molar-refractivity contribution in [3.8, 4) is 0 Å². The van der Waals surface area contributed by atoms with Gasteiger partial charge in [0.25, 0.3) is 5.89 Å². The predicted octanol–water partition coefficient (Wildman–Crippen LogP) is 2.20. The Balaban J connectivity index is 1.66. The maximum atomic E-state index is 12.1. The highest BCUT2D eigenvalue weighted by molar-refractivity contribution is 5.76. The van der Waals surface area contributed by atoms with E-state index in [1.54, 1.807) is 7.11 Å². The number of nitrogens with zero attached hydrogens (tertiary/aromatic N) is 3. The van der Waals surface area contributed by atoms with Gasteiger partial charge in [0.05, 0.1) is 12.7 Å². The van der Waals surface area contributed by atoms with Crippen molar-refractivity contribution in [2.45, 2.75) is 58.7 Å². The number of amides is 1. The summed E-state index contributed by atoms with van der Waals surface area (Å²) in [5, 5.41) is 3.89. The maximum absolute atomic E-state index is 12.1. The molecule has 0 spiro atoms. The summed E-state index contributed by atoms with van der Waals surface area (Å²) in [6.07, 6.45) is 4.11. The Morgan fingerprint density at radius 2 is 2.12 bits per heavy atom. The number of carbonyl (C=O) groups is 1. The highest BCUT2D eigenvalue weighted by atomic mass is 16.5. The SMILES string of the molecule is COCCc1noc(COC2CCN(C(=O)CCC(C)C)CC2)n1. The minimum atomic E-state index is 0.147. The van der Waals surface area contributed by atoms with Crippen LogP contribution < -0.4 is 0 Å². The van der Waals surface area contributed by atoms with Gasteiger partial charge in [0.2, 0.25) is 5.91 Å². The zero-order valence-corrected chi connectivity index (χ0v) is 15.0. The van der Waals surface area contributed by atoms with Gasteiger partial charge in [-0.25, -0.2) is 0 Å². The van der Waals surface area contributed by atoms with Crippen LogP contribution in [0, 0.1) is 5.92 Å². The average Bonchev–Trinajstić information content (AvgIpc) is 3.04. The van der Waals surface area contributed by atoms with Crippen LogP contribution in [0.2, 0.25) is 0 Å². The van der Waals surface area contributed by atoms with Crippen LogP contribution in [0.25, 0.3) is 0 Å². The van der Waals surface area contributed by atoms with E-state index >= 15 is 0 Å². The van der Waals surface area contributed by atoms with E-state index in [2.05, 4.69) is 24.0 Å². The summed E-state index contributed by atoms with van der Waals surface area (Å²) in [5.74, 6) is 1.97. The molecule has 0 bridgehead atoms. The highest BCUT2D eigenvalue weighted by Gasteiger charge is 2.23. The van der Waals surface area contributed by atoms with Crippen molar-refractivity contribution in [1.29, 1.82) is 0 Å². The van der Waals surface area contributed by atoms with E-state index in [1.807, 2.05) is 4.90 Å². The molecule has 24 heavy (non-hydrogen) atoms. The molecule has 136 valence electrons. The van der Waals surface area contributed by atoms with Crippen molar-refractivity contribution in [3.05, 3.63) is 11.7 Å². The lowest BCUT2D eigenvalue weighted by molar-refractivity contribution is -0.134. The van der Waals surface area contributed by atoms with Gasteiger partial charge in [-0.05, 0) is 25.2 Å². The van der Waals surface area contributed by atoms with Crippen molar-refractivity contribution in [1.82, 2.24) is 15.0 Å². The van der Waals surface area contributed by atoms with Gasteiger partial charge in [0.15, 0.2) is 5.82 Å². The van der Waals surface area contributed by atoms with E-state index in [9.17, 15) is 4.79 Å². The van der Waals surface area contributed by atoms with E-state index in [0.29, 0.717) is 43.7 Å². The molecule has 1 aliphatic heterocycles. The average molecular weight is 339 g/mol. The van der Waals surface area contributed by atoms with Crippen LogP contribution in [0.4, 0.5) is 0 Å².